The first-order chi connectivity index (χ1) is 6.27. The molecule has 0 radical (unpaired) electrons. The van der Waals surface area contributed by atoms with E-state index in [9.17, 15) is 5.11 Å². The van der Waals surface area contributed by atoms with Gasteiger partial charge in [-0.25, -0.2) is 0 Å². The van der Waals surface area contributed by atoms with Crippen molar-refractivity contribution in [2.75, 3.05) is 0 Å². The fraction of sp³-hybridized carbons (Fsp3) is 0.833. The van der Waals surface area contributed by atoms with Crippen LogP contribution in [0.4, 0.5) is 0 Å². The van der Waals surface area contributed by atoms with E-state index in [4.69, 9.17) is 6.42 Å². The Morgan fingerprint density at radius 3 is 2.46 bits per heavy atom. The number of aliphatic hydroxyl groups excluding tert-OH is 1. The Bertz CT molecular complexity index is 172. The van der Waals surface area contributed by atoms with Gasteiger partial charge in [-0.2, -0.15) is 0 Å². The van der Waals surface area contributed by atoms with Gasteiger partial charge in [-0.05, 0) is 24.7 Å². The summed E-state index contributed by atoms with van der Waals surface area (Å²) >= 11 is 0. The first kappa shape index (κ1) is 10.6. The molecule has 0 amide bonds. The van der Waals surface area contributed by atoms with Gasteiger partial charge in [0.25, 0.3) is 0 Å². The zero-order valence-electron chi connectivity index (χ0n) is 8.50. The minimum absolute atomic E-state index is 0.247. The molecule has 0 bridgehead atoms. The molecule has 1 fully saturated rings. The summed E-state index contributed by atoms with van der Waals surface area (Å²) in [5, 5.41) is 9.69. The third-order valence-corrected chi connectivity index (χ3v) is 3.34. The molecule has 1 nitrogen and oxygen atoms in total. The summed E-state index contributed by atoms with van der Waals surface area (Å²) in [5.41, 5.74) is 0. The quantitative estimate of drug-likeness (QED) is 0.662. The average molecular weight is 180 g/mol. The van der Waals surface area contributed by atoms with Gasteiger partial charge in [-0.1, -0.05) is 26.2 Å². The average Bonchev–Trinajstić information content (AvgIpc) is 2.18. The normalized spacial score (nSPS) is 30.8. The molecular weight excluding hydrogens is 160 g/mol. The molecule has 0 aromatic rings. The Morgan fingerprint density at radius 1 is 1.38 bits per heavy atom. The third kappa shape index (κ3) is 3.04. The van der Waals surface area contributed by atoms with Crippen molar-refractivity contribution in [2.24, 2.45) is 11.8 Å². The molecule has 0 spiro atoms. The monoisotopic (exact) mass is 180 g/mol. The predicted molar refractivity (Wildman–Crippen MR) is 55.2 cm³/mol. The summed E-state index contributed by atoms with van der Waals surface area (Å²) in [6, 6.07) is 0. The van der Waals surface area contributed by atoms with E-state index in [1.807, 2.05) is 0 Å². The SMILES string of the molecule is C#CCC(O)C1CCC(CC)CC1. The Balaban J connectivity index is 2.28. The van der Waals surface area contributed by atoms with Gasteiger partial charge >= 0.3 is 0 Å². The first-order valence-electron chi connectivity index (χ1n) is 5.39. The summed E-state index contributed by atoms with van der Waals surface area (Å²) in [4.78, 5) is 0. The van der Waals surface area contributed by atoms with Crippen molar-refractivity contribution in [1.82, 2.24) is 0 Å². The summed E-state index contributed by atoms with van der Waals surface area (Å²) in [6.07, 6.45) is 11.6. The van der Waals surface area contributed by atoms with E-state index in [0.29, 0.717) is 12.3 Å². The number of rotatable bonds is 3. The molecule has 1 aliphatic carbocycles. The van der Waals surface area contributed by atoms with E-state index in [0.717, 1.165) is 5.92 Å². The van der Waals surface area contributed by atoms with Gasteiger partial charge in [-0.15, -0.1) is 12.3 Å². The maximum atomic E-state index is 9.69. The second-order valence-electron chi connectivity index (χ2n) is 4.16. The van der Waals surface area contributed by atoms with Crippen LogP contribution in [0.15, 0.2) is 0 Å². The van der Waals surface area contributed by atoms with Crippen molar-refractivity contribution in [3.8, 4) is 12.3 Å². The summed E-state index contributed by atoms with van der Waals surface area (Å²) in [5.74, 6) is 3.91. The van der Waals surface area contributed by atoms with E-state index >= 15 is 0 Å². The highest BCUT2D eigenvalue weighted by molar-refractivity contribution is 4.90. The molecule has 74 valence electrons. The van der Waals surface area contributed by atoms with Crippen LogP contribution in [0.25, 0.3) is 0 Å². The summed E-state index contributed by atoms with van der Waals surface area (Å²) < 4.78 is 0. The standard InChI is InChI=1S/C12H20O/c1-3-5-12(13)11-8-6-10(4-2)7-9-11/h1,10-13H,4-9H2,2H3. The van der Waals surface area contributed by atoms with Crippen molar-refractivity contribution in [1.29, 1.82) is 0 Å². The van der Waals surface area contributed by atoms with Gasteiger partial charge in [0.1, 0.15) is 0 Å². The fourth-order valence-electron chi connectivity index (χ4n) is 2.27. The molecule has 1 rings (SSSR count). The lowest BCUT2D eigenvalue weighted by Crippen LogP contribution is -2.25. The molecule has 13 heavy (non-hydrogen) atoms. The lowest BCUT2D eigenvalue weighted by Gasteiger charge is -2.30. The topological polar surface area (TPSA) is 20.2 Å². The van der Waals surface area contributed by atoms with Gasteiger partial charge in [0.05, 0.1) is 6.10 Å². The van der Waals surface area contributed by atoms with E-state index in [1.165, 1.54) is 32.1 Å². The van der Waals surface area contributed by atoms with Crippen molar-refractivity contribution in [3.05, 3.63) is 0 Å². The van der Waals surface area contributed by atoms with Crippen LogP contribution in [0, 0.1) is 24.2 Å². The van der Waals surface area contributed by atoms with Crippen molar-refractivity contribution < 1.29 is 5.11 Å². The minimum Gasteiger partial charge on any atom is -0.392 e. The highest BCUT2D eigenvalue weighted by Crippen LogP contribution is 2.32. The Morgan fingerprint density at radius 2 is 2.00 bits per heavy atom. The van der Waals surface area contributed by atoms with Crippen LogP contribution in [0.2, 0.25) is 0 Å². The first-order valence-corrected chi connectivity index (χ1v) is 5.39. The molecule has 0 saturated heterocycles. The Hall–Kier alpha value is -0.480. The second kappa shape index (κ2) is 5.29. The zero-order valence-corrected chi connectivity index (χ0v) is 8.50. The van der Waals surface area contributed by atoms with Crippen LogP contribution in [0.5, 0.6) is 0 Å². The Kier molecular flexibility index (Phi) is 4.32. The van der Waals surface area contributed by atoms with E-state index < -0.39 is 0 Å². The van der Waals surface area contributed by atoms with Gasteiger partial charge in [-0.3, -0.25) is 0 Å². The molecular formula is C12H20O. The van der Waals surface area contributed by atoms with Gasteiger partial charge < -0.3 is 5.11 Å². The van der Waals surface area contributed by atoms with Crippen LogP contribution in [-0.4, -0.2) is 11.2 Å². The highest BCUT2D eigenvalue weighted by atomic mass is 16.3. The molecule has 1 N–H and O–H groups in total. The van der Waals surface area contributed by atoms with Crippen LogP contribution in [0.1, 0.15) is 45.4 Å². The van der Waals surface area contributed by atoms with Crippen LogP contribution >= 0.6 is 0 Å². The largest absolute Gasteiger partial charge is 0.392 e. The van der Waals surface area contributed by atoms with Gasteiger partial charge in [0.15, 0.2) is 0 Å². The summed E-state index contributed by atoms with van der Waals surface area (Å²) in [7, 11) is 0. The maximum absolute atomic E-state index is 9.69. The zero-order chi connectivity index (χ0) is 9.68. The number of terminal acetylenes is 1. The number of aliphatic hydroxyl groups is 1. The van der Waals surface area contributed by atoms with E-state index in [-0.39, 0.29) is 6.10 Å². The smallest absolute Gasteiger partial charge is 0.0677 e. The number of hydrogen-bond acceptors (Lipinski definition) is 1. The summed E-state index contributed by atoms with van der Waals surface area (Å²) in [6.45, 7) is 2.25. The van der Waals surface area contributed by atoms with Crippen LogP contribution in [0.3, 0.4) is 0 Å². The molecule has 0 heterocycles. The number of hydrogen-bond donors (Lipinski definition) is 1. The van der Waals surface area contributed by atoms with E-state index in [1.54, 1.807) is 0 Å². The lowest BCUT2D eigenvalue weighted by molar-refractivity contribution is 0.0773. The van der Waals surface area contributed by atoms with Crippen molar-refractivity contribution in [3.63, 3.8) is 0 Å². The second-order valence-corrected chi connectivity index (χ2v) is 4.16. The van der Waals surface area contributed by atoms with Crippen molar-refractivity contribution in [2.45, 2.75) is 51.6 Å². The molecule has 0 aromatic carbocycles. The molecule has 1 atom stereocenters. The van der Waals surface area contributed by atoms with Gasteiger partial charge in [0, 0.05) is 6.42 Å². The lowest BCUT2D eigenvalue weighted by atomic mass is 9.78. The molecule has 1 saturated carbocycles. The van der Waals surface area contributed by atoms with Crippen molar-refractivity contribution >= 4 is 0 Å². The molecule has 1 aliphatic rings. The van der Waals surface area contributed by atoms with E-state index in [2.05, 4.69) is 12.8 Å². The molecule has 1 heteroatoms. The Labute approximate surface area is 81.5 Å². The highest BCUT2D eigenvalue weighted by Gasteiger charge is 2.24. The van der Waals surface area contributed by atoms with Crippen LogP contribution < -0.4 is 0 Å². The molecule has 0 aromatic heterocycles. The maximum Gasteiger partial charge on any atom is 0.0677 e. The van der Waals surface area contributed by atoms with Crippen LogP contribution in [-0.2, 0) is 0 Å². The van der Waals surface area contributed by atoms with Gasteiger partial charge in [0.2, 0.25) is 0 Å². The minimum atomic E-state index is -0.247. The fourth-order valence-corrected chi connectivity index (χ4v) is 2.27. The third-order valence-electron chi connectivity index (χ3n) is 3.34. The molecule has 0 aliphatic heterocycles. The predicted octanol–water partition coefficient (Wildman–Crippen LogP) is 2.59. The molecule has 1 unspecified atom stereocenters.